The fourth-order valence-electron chi connectivity index (χ4n) is 3.25. The number of hydrogen-bond acceptors (Lipinski definition) is 5. The minimum atomic E-state index is -0.274. The maximum Gasteiger partial charge on any atom is 0.223 e. The van der Waals surface area contributed by atoms with Gasteiger partial charge in [-0.15, -0.1) is 0 Å². The number of nitrogens with zero attached hydrogens (tertiary/aromatic N) is 2. The van der Waals surface area contributed by atoms with Gasteiger partial charge < -0.3 is 14.5 Å². The number of aromatic nitrogens is 1. The van der Waals surface area contributed by atoms with Crippen molar-refractivity contribution >= 4 is 5.91 Å². The van der Waals surface area contributed by atoms with Gasteiger partial charge in [0, 0.05) is 31.7 Å². The average molecular weight is 375 g/mol. The minimum Gasteiger partial charge on any atom is -0.439 e. The normalized spacial score (nSPS) is 15.8. The van der Waals surface area contributed by atoms with E-state index < -0.39 is 0 Å². The highest BCUT2D eigenvalue weighted by Crippen LogP contribution is 2.23. The van der Waals surface area contributed by atoms with Crippen LogP contribution in [0.5, 0.6) is 0 Å². The molecule has 0 spiro atoms. The number of oxazole rings is 1. The number of hydrogen-bond donors (Lipinski definition) is 1. The first-order valence-corrected chi connectivity index (χ1v) is 9.35. The summed E-state index contributed by atoms with van der Waals surface area (Å²) in [5.41, 5.74) is 0.805. The predicted molar refractivity (Wildman–Crippen MR) is 99.4 cm³/mol. The van der Waals surface area contributed by atoms with Gasteiger partial charge in [0.1, 0.15) is 5.82 Å². The molecule has 2 heterocycles. The zero-order valence-electron chi connectivity index (χ0n) is 15.6. The minimum absolute atomic E-state index is 0.0723. The molecule has 0 atom stereocenters. The van der Waals surface area contributed by atoms with Gasteiger partial charge in [0.05, 0.1) is 12.7 Å². The summed E-state index contributed by atoms with van der Waals surface area (Å²) in [6.45, 7) is 3.61. The zero-order valence-corrected chi connectivity index (χ0v) is 15.6. The molecule has 1 N–H and O–H groups in total. The van der Waals surface area contributed by atoms with Gasteiger partial charge in [-0.2, -0.15) is 0 Å². The Bertz CT molecular complexity index is 724. The first-order valence-electron chi connectivity index (χ1n) is 9.35. The van der Waals surface area contributed by atoms with Crippen LogP contribution >= 0.6 is 0 Å². The molecule has 0 bridgehead atoms. The van der Waals surface area contributed by atoms with E-state index in [-0.39, 0.29) is 17.6 Å². The van der Waals surface area contributed by atoms with Crippen molar-refractivity contribution in [3.8, 4) is 11.3 Å². The number of rotatable bonds is 8. The number of benzene rings is 1. The highest BCUT2D eigenvalue weighted by atomic mass is 19.1. The van der Waals surface area contributed by atoms with E-state index in [9.17, 15) is 9.18 Å². The molecule has 6 nitrogen and oxygen atoms in total. The Morgan fingerprint density at radius 2 is 2.07 bits per heavy atom. The second-order valence-corrected chi connectivity index (χ2v) is 6.81. The summed E-state index contributed by atoms with van der Waals surface area (Å²) >= 11 is 0. The first-order chi connectivity index (χ1) is 13.2. The molecule has 0 radical (unpaired) electrons. The van der Waals surface area contributed by atoms with Gasteiger partial charge in [-0.1, -0.05) is 0 Å². The number of carbonyl (C=O) groups excluding carboxylic acids is 1. The lowest BCUT2D eigenvalue weighted by molar-refractivity contribution is -0.126. The van der Waals surface area contributed by atoms with Gasteiger partial charge in [0.25, 0.3) is 0 Å². The molecule has 2 aromatic rings. The molecule has 3 rings (SSSR count). The maximum absolute atomic E-state index is 13.0. The lowest BCUT2D eigenvalue weighted by atomic mass is 9.96. The summed E-state index contributed by atoms with van der Waals surface area (Å²) in [5.74, 6) is 1.21. The van der Waals surface area contributed by atoms with Gasteiger partial charge >= 0.3 is 0 Å². The van der Waals surface area contributed by atoms with Crippen molar-refractivity contribution in [2.45, 2.75) is 25.8 Å². The molecule has 0 unspecified atom stereocenters. The molecule has 0 aliphatic carbocycles. The average Bonchev–Trinajstić information content (AvgIpc) is 3.15. The van der Waals surface area contributed by atoms with Crippen LogP contribution in [0.1, 0.15) is 25.2 Å². The number of nitrogens with one attached hydrogen (secondary N) is 1. The third-order valence-corrected chi connectivity index (χ3v) is 4.82. The molecule has 1 saturated heterocycles. The van der Waals surface area contributed by atoms with Crippen LogP contribution in [0.25, 0.3) is 11.3 Å². The van der Waals surface area contributed by atoms with Crippen molar-refractivity contribution in [3.63, 3.8) is 0 Å². The number of ether oxygens (including phenoxy) is 1. The summed E-state index contributed by atoms with van der Waals surface area (Å²) in [6.07, 6.45) is 4.17. The zero-order chi connectivity index (χ0) is 19.1. The molecular weight excluding hydrogens is 349 g/mol. The van der Waals surface area contributed by atoms with Crippen molar-refractivity contribution < 1.29 is 18.3 Å². The molecule has 1 aromatic heterocycles. The molecule has 1 aliphatic heterocycles. The Balaban J connectivity index is 1.44. The number of methoxy groups -OCH3 is 1. The van der Waals surface area contributed by atoms with E-state index in [1.807, 2.05) is 0 Å². The predicted octanol–water partition coefficient (Wildman–Crippen LogP) is 2.85. The largest absolute Gasteiger partial charge is 0.439 e. The fraction of sp³-hybridized carbons (Fsp3) is 0.500. The van der Waals surface area contributed by atoms with Crippen LogP contribution in [-0.2, 0) is 16.1 Å². The topological polar surface area (TPSA) is 67.6 Å². The van der Waals surface area contributed by atoms with Crippen LogP contribution < -0.4 is 5.32 Å². The van der Waals surface area contributed by atoms with Gasteiger partial charge in [-0.05, 0) is 56.6 Å². The molecule has 7 heteroatoms. The van der Waals surface area contributed by atoms with Crippen LogP contribution in [0.15, 0.2) is 34.9 Å². The Morgan fingerprint density at radius 1 is 1.33 bits per heavy atom. The maximum atomic E-state index is 13.0. The monoisotopic (exact) mass is 375 g/mol. The third kappa shape index (κ3) is 5.61. The standard InChI is InChI=1S/C20H26FN3O3/c1-26-12-2-9-22-20(25)16-7-10-24(11-8-16)14-19-23-13-18(27-19)15-3-5-17(21)6-4-15/h3-6,13,16H,2,7-12,14H2,1H3,(H,22,25). The van der Waals surface area contributed by atoms with Crippen molar-refractivity contribution in [1.82, 2.24) is 15.2 Å². The molecule has 27 heavy (non-hydrogen) atoms. The van der Waals surface area contributed by atoms with E-state index in [2.05, 4.69) is 15.2 Å². The second-order valence-electron chi connectivity index (χ2n) is 6.81. The summed E-state index contributed by atoms with van der Waals surface area (Å²) in [6, 6.07) is 6.16. The van der Waals surface area contributed by atoms with Crippen LogP contribution in [0.4, 0.5) is 4.39 Å². The number of piperidine rings is 1. The molecule has 0 saturated carbocycles. The highest BCUT2D eigenvalue weighted by molar-refractivity contribution is 5.78. The number of likely N-dealkylation sites (tertiary alicyclic amines) is 1. The van der Waals surface area contributed by atoms with E-state index in [4.69, 9.17) is 9.15 Å². The van der Waals surface area contributed by atoms with Crippen LogP contribution in [0, 0.1) is 11.7 Å². The molecule has 146 valence electrons. The smallest absolute Gasteiger partial charge is 0.223 e. The fourth-order valence-corrected chi connectivity index (χ4v) is 3.25. The Hall–Kier alpha value is -2.25. The van der Waals surface area contributed by atoms with Crippen LogP contribution in [-0.4, -0.2) is 49.1 Å². The van der Waals surface area contributed by atoms with Gasteiger partial charge in [-0.3, -0.25) is 9.69 Å². The van der Waals surface area contributed by atoms with Crippen molar-refractivity contribution in [2.75, 3.05) is 33.4 Å². The second kappa shape index (κ2) is 9.62. The first kappa shape index (κ1) is 19.5. The van der Waals surface area contributed by atoms with E-state index in [0.29, 0.717) is 31.3 Å². The molecule has 1 fully saturated rings. The van der Waals surface area contributed by atoms with Crippen molar-refractivity contribution in [2.24, 2.45) is 5.92 Å². The summed E-state index contributed by atoms with van der Waals surface area (Å²) in [4.78, 5) is 18.8. The van der Waals surface area contributed by atoms with Gasteiger partial charge in [-0.25, -0.2) is 9.37 Å². The van der Waals surface area contributed by atoms with E-state index in [1.54, 1.807) is 25.4 Å². The van der Waals surface area contributed by atoms with Crippen LogP contribution in [0.3, 0.4) is 0 Å². The molecular formula is C20H26FN3O3. The summed E-state index contributed by atoms with van der Waals surface area (Å²) in [5, 5.41) is 2.98. The molecule has 1 aromatic carbocycles. The highest BCUT2D eigenvalue weighted by Gasteiger charge is 2.25. The molecule has 1 aliphatic rings. The summed E-state index contributed by atoms with van der Waals surface area (Å²) in [7, 11) is 1.66. The number of halogens is 1. The third-order valence-electron chi connectivity index (χ3n) is 4.82. The van der Waals surface area contributed by atoms with E-state index >= 15 is 0 Å². The number of carbonyl (C=O) groups is 1. The summed E-state index contributed by atoms with van der Waals surface area (Å²) < 4.78 is 23.8. The Kier molecular flexibility index (Phi) is 6.95. The quantitative estimate of drug-likeness (QED) is 0.719. The van der Waals surface area contributed by atoms with Crippen molar-refractivity contribution in [3.05, 3.63) is 42.2 Å². The number of amides is 1. The van der Waals surface area contributed by atoms with Crippen molar-refractivity contribution in [1.29, 1.82) is 0 Å². The van der Waals surface area contributed by atoms with E-state index in [0.717, 1.165) is 37.9 Å². The molecule has 1 amide bonds. The van der Waals surface area contributed by atoms with Gasteiger partial charge in [0.15, 0.2) is 5.76 Å². The lowest BCUT2D eigenvalue weighted by Gasteiger charge is -2.30. The van der Waals surface area contributed by atoms with E-state index in [1.165, 1.54) is 12.1 Å². The van der Waals surface area contributed by atoms with Gasteiger partial charge in [0.2, 0.25) is 11.8 Å². The Labute approximate surface area is 158 Å². The lowest BCUT2D eigenvalue weighted by Crippen LogP contribution is -2.40. The Morgan fingerprint density at radius 3 is 2.78 bits per heavy atom. The SMILES string of the molecule is COCCCNC(=O)C1CCN(Cc2ncc(-c3ccc(F)cc3)o2)CC1. The van der Waals surface area contributed by atoms with Crippen LogP contribution in [0.2, 0.25) is 0 Å².